The largest absolute Gasteiger partial charge is 0.381 e. The fraction of sp³-hybridized carbons (Fsp3) is 0.643. The third-order valence-electron chi connectivity index (χ3n) is 3.73. The predicted octanol–water partition coefficient (Wildman–Crippen LogP) is 2.60. The first kappa shape index (κ1) is 12.9. The van der Waals surface area contributed by atoms with E-state index < -0.39 is 0 Å². The van der Waals surface area contributed by atoms with Crippen molar-refractivity contribution in [1.82, 2.24) is 10.2 Å². The molecule has 1 saturated heterocycles. The van der Waals surface area contributed by atoms with Crippen LogP contribution in [0.3, 0.4) is 0 Å². The zero-order valence-corrected chi connectivity index (χ0v) is 11.8. The van der Waals surface area contributed by atoms with Crippen molar-refractivity contribution in [3.63, 3.8) is 0 Å². The molecule has 2 amide bonds. The third-order valence-corrected chi connectivity index (χ3v) is 4.46. The van der Waals surface area contributed by atoms with Crippen molar-refractivity contribution >= 4 is 17.4 Å². The first-order valence-electron chi connectivity index (χ1n) is 6.99. The van der Waals surface area contributed by atoms with E-state index in [1.54, 1.807) is 11.3 Å². The minimum Gasteiger partial charge on any atom is -0.381 e. The van der Waals surface area contributed by atoms with Crippen LogP contribution in [0.15, 0.2) is 16.8 Å². The number of urea groups is 1. The SMILES string of the molecule is O=C(NC1CCOCC1)N(Cc1ccsc1)C1CC1. The van der Waals surface area contributed by atoms with Gasteiger partial charge in [-0.25, -0.2) is 4.79 Å². The maximum absolute atomic E-state index is 12.4. The van der Waals surface area contributed by atoms with Crippen LogP contribution in [-0.2, 0) is 11.3 Å². The van der Waals surface area contributed by atoms with E-state index in [1.807, 2.05) is 4.90 Å². The summed E-state index contributed by atoms with van der Waals surface area (Å²) in [6.45, 7) is 2.26. The summed E-state index contributed by atoms with van der Waals surface area (Å²) >= 11 is 1.69. The number of rotatable bonds is 4. The van der Waals surface area contributed by atoms with Gasteiger partial charge < -0.3 is 15.0 Å². The van der Waals surface area contributed by atoms with Gasteiger partial charge in [0.15, 0.2) is 0 Å². The minimum atomic E-state index is 0.0978. The van der Waals surface area contributed by atoms with Crippen LogP contribution >= 0.6 is 11.3 Å². The van der Waals surface area contributed by atoms with E-state index in [-0.39, 0.29) is 12.1 Å². The van der Waals surface area contributed by atoms with Crippen molar-refractivity contribution < 1.29 is 9.53 Å². The van der Waals surface area contributed by atoms with Crippen LogP contribution in [0.1, 0.15) is 31.2 Å². The monoisotopic (exact) mass is 280 g/mol. The van der Waals surface area contributed by atoms with E-state index in [4.69, 9.17) is 4.74 Å². The Morgan fingerprint density at radius 2 is 2.16 bits per heavy atom. The quantitative estimate of drug-likeness (QED) is 0.921. The van der Waals surface area contributed by atoms with Gasteiger partial charge in [-0.2, -0.15) is 11.3 Å². The lowest BCUT2D eigenvalue weighted by Crippen LogP contribution is -2.47. The Hall–Kier alpha value is -1.07. The second-order valence-electron chi connectivity index (χ2n) is 5.33. The first-order valence-corrected chi connectivity index (χ1v) is 7.93. The zero-order chi connectivity index (χ0) is 13.1. The third kappa shape index (κ3) is 3.48. The van der Waals surface area contributed by atoms with Crippen LogP contribution in [0, 0.1) is 0 Å². The maximum atomic E-state index is 12.4. The van der Waals surface area contributed by atoms with Gasteiger partial charge >= 0.3 is 6.03 Å². The second-order valence-corrected chi connectivity index (χ2v) is 6.11. The van der Waals surface area contributed by atoms with Gasteiger partial charge in [0.25, 0.3) is 0 Å². The van der Waals surface area contributed by atoms with Crippen LogP contribution in [0.2, 0.25) is 0 Å². The van der Waals surface area contributed by atoms with E-state index in [2.05, 4.69) is 22.1 Å². The first-order chi connectivity index (χ1) is 9.33. The normalized spacial score (nSPS) is 20.2. The Labute approximate surface area is 117 Å². The molecule has 0 radical (unpaired) electrons. The van der Waals surface area contributed by atoms with Gasteiger partial charge in [-0.1, -0.05) is 0 Å². The van der Waals surface area contributed by atoms with Crippen LogP contribution in [-0.4, -0.2) is 36.2 Å². The molecule has 2 heterocycles. The Kier molecular flexibility index (Phi) is 4.03. The molecular weight excluding hydrogens is 260 g/mol. The van der Waals surface area contributed by atoms with Crippen molar-refractivity contribution in [2.24, 2.45) is 0 Å². The zero-order valence-electron chi connectivity index (χ0n) is 11.0. The van der Waals surface area contributed by atoms with Gasteiger partial charge in [0, 0.05) is 31.8 Å². The topological polar surface area (TPSA) is 41.6 Å². The molecule has 19 heavy (non-hydrogen) atoms. The lowest BCUT2D eigenvalue weighted by molar-refractivity contribution is 0.0777. The molecule has 1 aliphatic carbocycles. The molecular formula is C14H20N2O2S. The highest BCUT2D eigenvalue weighted by atomic mass is 32.1. The summed E-state index contributed by atoms with van der Waals surface area (Å²) in [4.78, 5) is 14.4. The summed E-state index contributed by atoms with van der Waals surface area (Å²) in [7, 11) is 0. The van der Waals surface area contributed by atoms with Crippen LogP contribution in [0.4, 0.5) is 4.79 Å². The van der Waals surface area contributed by atoms with Gasteiger partial charge in [-0.3, -0.25) is 0 Å². The molecule has 0 aromatic carbocycles. The lowest BCUT2D eigenvalue weighted by Gasteiger charge is -2.28. The molecule has 0 spiro atoms. The molecule has 2 aliphatic rings. The number of amides is 2. The lowest BCUT2D eigenvalue weighted by atomic mass is 10.1. The van der Waals surface area contributed by atoms with E-state index in [9.17, 15) is 4.79 Å². The number of carbonyl (C=O) groups is 1. The van der Waals surface area contributed by atoms with Crippen molar-refractivity contribution in [3.8, 4) is 0 Å². The summed E-state index contributed by atoms with van der Waals surface area (Å²) in [6, 6.07) is 2.92. The van der Waals surface area contributed by atoms with E-state index in [0.29, 0.717) is 6.04 Å². The Bertz CT molecular complexity index is 411. The van der Waals surface area contributed by atoms with E-state index >= 15 is 0 Å². The van der Waals surface area contributed by atoms with Gasteiger partial charge in [0.2, 0.25) is 0 Å². The number of nitrogens with one attached hydrogen (secondary N) is 1. The van der Waals surface area contributed by atoms with Gasteiger partial charge in [0.05, 0.1) is 0 Å². The summed E-state index contributed by atoms with van der Waals surface area (Å²) in [5.41, 5.74) is 1.24. The number of thiophene rings is 1. The molecule has 3 rings (SSSR count). The fourth-order valence-electron chi connectivity index (χ4n) is 2.43. The van der Waals surface area contributed by atoms with Crippen molar-refractivity contribution in [2.45, 2.75) is 44.3 Å². The standard InChI is InChI=1S/C14H20N2O2S/c17-14(15-12-3-6-18-7-4-12)16(13-1-2-13)9-11-5-8-19-10-11/h5,8,10,12-13H,1-4,6-7,9H2,(H,15,17). The average molecular weight is 280 g/mol. The van der Waals surface area contributed by atoms with Crippen molar-refractivity contribution in [1.29, 1.82) is 0 Å². The molecule has 2 fully saturated rings. The minimum absolute atomic E-state index is 0.0978. The summed E-state index contributed by atoms with van der Waals surface area (Å²) in [5.74, 6) is 0. The summed E-state index contributed by atoms with van der Waals surface area (Å²) in [6.07, 6.45) is 4.15. The number of carbonyl (C=O) groups excluding carboxylic acids is 1. The number of nitrogens with zero attached hydrogens (tertiary/aromatic N) is 1. The highest BCUT2D eigenvalue weighted by molar-refractivity contribution is 7.07. The highest BCUT2D eigenvalue weighted by Gasteiger charge is 2.33. The number of ether oxygens (including phenoxy) is 1. The fourth-order valence-corrected chi connectivity index (χ4v) is 3.09. The summed E-state index contributed by atoms with van der Waals surface area (Å²) < 4.78 is 5.32. The van der Waals surface area contributed by atoms with E-state index in [1.165, 1.54) is 5.56 Å². The molecule has 1 aromatic rings. The molecule has 0 bridgehead atoms. The average Bonchev–Trinajstić information content (AvgIpc) is 3.14. The predicted molar refractivity (Wildman–Crippen MR) is 75.3 cm³/mol. The van der Waals surface area contributed by atoms with Crippen LogP contribution in [0.5, 0.6) is 0 Å². The van der Waals surface area contributed by atoms with Crippen molar-refractivity contribution in [2.75, 3.05) is 13.2 Å². The molecule has 1 N–H and O–H groups in total. The molecule has 104 valence electrons. The molecule has 0 atom stereocenters. The second kappa shape index (κ2) is 5.92. The number of hydrogen-bond donors (Lipinski definition) is 1. The van der Waals surface area contributed by atoms with Gasteiger partial charge in [-0.05, 0) is 48.1 Å². The highest BCUT2D eigenvalue weighted by Crippen LogP contribution is 2.29. The Morgan fingerprint density at radius 1 is 1.37 bits per heavy atom. The maximum Gasteiger partial charge on any atom is 0.318 e. The molecule has 0 unspecified atom stereocenters. The van der Waals surface area contributed by atoms with E-state index in [0.717, 1.165) is 45.4 Å². The smallest absolute Gasteiger partial charge is 0.318 e. The molecule has 1 aromatic heterocycles. The van der Waals surface area contributed by atoms with Gasteiger partial charge in [0.1, 0.15) is 0 Å². The van der Waals surface area contributed by atoms with Crippen LogP contribution in [0.25, 0.3) is 0 Å². The molecule has 4 nitrogen and oxygen atoms in total. The number of hydrogen-bond acceptors (Lipinski definition) is 3. The van der Waals surface area contributed by atoms with Gasteiger partial charge in [-0.15, -0.1) is 0 Å². The molecule has 5 heteroatoms. The molecule has 1 aliphatic heterocycles. The Balaban J connectivity index is 1.57. The molecule has 1 saturated carbocycles. The van der Waals surface area contributed by atoms with Crippen LogP contribution < -0.4 is 5.32 Å². The summed E-state index contributed by atoms with van der Waals surface area (Å²) in [5, 5.41) is 7.35. The van der Waals surface area contributed by atoms with Crippen molar-refractivity contribution in [3.05, 3.63) is 22.4 Å². The Morgan fingerprint density at radius 3 is 2.79 bits per heavy atom.